The molecular weight excluding hydrogens is 116 g/mol. The second-order valence-corrected chi connectivity index (χ2v) is 1.94. The number of nitrogens with one attached hydrogen (secondary N) is 1. The fourth-order valence-electron chi connectivity index (χ4n) is 0.707. The van der Waals surface area contributed by atoms with Crippen LogP contribution in [0.4, 0.5) is 8.78 Å². The van der Waals surface area contributed by atoms with Crippen LogP contribution >= 0.6 is 0 Å². The third kappa shape index (κ3) is 1.14. The summed E-state index contributed by atoms with van der Waals surface area (Å²) in [6.07, 6.45) is -1.32. The maximum atomic E-state index is 11.9. The minimum atomic E-state index is -2.83. The zero-order chi connectivity index (χ0) is 6.20. The van der Waals surface area contributed by atoms with E-state index in [0.29, 0.717) is 0 Å². The Kier molecular flexibility index (Phi) is 1.21. The lowest BCUT2D eigenvalue weighted by Crippen LogP contribution is -2.28. The molecule has 1 aliphatic rings. The maximum Gasteiger partial charge on any atom is 0.305 e. The first kappa shape index (κ1) is 5.91. The van der Waals surface area contributed by atoms with E-state index in [4.69, 9.17) is 5.11 Å². The summed E-state index contributed by atoms with van der Waals surface area (Å²) in [6.45, 7) is 0.00694. The van der Waals surface area contributed by atoms with Crippen LogP contribution in [0.2, 0.25) is 0 Å². The molecule has 1 atom stereocenters. The van der Waals surface area contributed by atoms with Crippen LogP contribution in [0.25, 0.3) is 0 Å². The number of rotatable bonds is 0. The van der Waals surface area contributed by atoms with Crippen LogP contribution in [0, 0.1) is 0 Å². The van der Waals surface area contributed by atoms with Gasteiger partial charge in [0.25, 0.3) is 0 Å². The van der Waals surface area contributed by atoms with Crippen LogP contribution < -0.4 is 5.32 Å². The van der Waals surface area contributed by atoms with Crippen molar-refractivity contribution >= 4 is 0 Å². The normalized spacial score (nSPS) is 35.6. The molecule has 0 aromatic heterocycles. The van der Waals surface area contributed by atoms with Crippen LogP contribution in [0.5, 0.6) is 0 Å². The summed E-state index contributed by atoms with van der Waals surface area (Å²) in [5, 5.41) is 10.4. The third-order valence-electron chi connectivity index (χ3n) is 1.09. The van der Waals surface area contributed by atoms with Crippen molar-refractivity contribution < 1.29 is 13.9 Å². The molecule has 8 heavy (non-hydrogen) atoms. The van der Waals surface area contributed by atoms with Crippen molar-refractivity contribution in [2.75, 3.05) is 6.54 Å². The van der Waals surface area contributed by atoms with Gasteiger partial charge < -0.3 is 5.11 Å². The Bertz CT molecular complexity index is 96.0. The van der Waals surface area contributed by atoms with Gasteiger partial charge in [0.2, 0.25) is 0 Å². The van der Waals surface area contributed by atoms with Crippen molar-refractivity contribution in [3.8, 4) is 0 Å². The molecule has 0 spiro atoms. The number of hydrogen-bond acceptors (Lipinski definition) is 2. The second-order valence-electron chi connectivity index (χ2n) is 1.94. The predicted octanol–water partition coefficient (Wildman–Crippen LogP) is -0.0666. The minimum Gasteiger partial charge on any atom is -0.392 e. The first-order chi connectivity index (χ1) is 3.60. The van der Waals surface area contributed by atoms with Crippen LogP contribution in [-0.2, 0) is 0 Å². The zero-order valence-corrected chi connectivity index (χ0v) is 4.19. The number of β-amino-alcohol motifs (C(OH)–C–C–N with tert-alkyl or cyclic N) is 1. The molecule has 1 unspecified atom stereocenters. The van der Waals surface area contributed by atoms with Gasteiger partial charge in [-0.25, -0.2) is 0 Å². The largest absolute Gasteiger partial charge is 0.392 e. The average Bonchev–Trinajstić information content (AvgIpc) is 1.82. The predicted molar refractivity (Wildman–Crippen MR) is 23.6 cm³/mol. The van der Waals surface area contributed by atoms with E-state index in [2.05, 4.69) is 0 Å². The van der Waals surface area contributed by atoms with Crippen molar-refractivity contribution in [3.63, 3.8) is 0 Å². The molecule has 0 aromatic carbocycles. The molecule has 4 heteroatoms. The highest BCUT2D eigenvalue weighted by Gasteiger charge is 2.37. The van der Waals surface area contributed by atoms with E-state index in [1.165, 1.54) is 0 Å². The molecule has 0 saturated carbocycles. The molecule has 1 heterocycles. The van der Waals surface area contributed by atoms with Crippen molar-refractivity contribution in [2.45, 2.75) is 18.6 Å². The molecule has 2 N–H and O–H groups in total. The first-order valence-corrected chi connectivity index (χ1v) is 2.41. The Morgan fingerprint density at radius 1 is 1.62 bits per heavy atom. The summed E-state index contributed by atoms with van der Waals surface area (Å²) in [5.74, 6) is 0. The monoisotopic (exact) mass is 123 g/mol. The summed E-state index contributed by atoms with van der Waals surface area (Å²) in [6, 6.07) is -2.83. The lowest BCUT2D eigenvalue weighted by molar-refractivity contribution is -0.0238. The summed E-state index contributed by atoms with van der Waals surface area (Å²) in [4.78, 5) is 0. The SMILES string of the molecule is OC1CNC(F)(F)C1. The minimum absolute atomic E-state index is 0.00694. The topological polar surface area (TPSA) is 32.3 Å². The number of aliphatic hydroxyl groups is 1. The van der Waals surface area contributed by atoms with Crippen LogP contribution in [0.1, 0.15) is 6.42 Å². The van der Waals surface area contributed by atoms with Gasteiger partial charge in [0.15, 0.2) is 0 Å². The van der Waals surface area contributed by atoms with E-state index in [1.54, 1.807) is 0 Å². The fraction of sp³-hybridized carbons (Fsp3) is 1.00. The van der Waals surface area contributed by atoms with Crippen molar-refractivity contribution in [2.24, 2.45) is 0 Å². The molecular formula is C4H7F2NO. The first-order valence-electron chi connectivity index (χ1n) is 2.41. The van der Waals surface area contributed by atoms with Gasteiger partial charge in [-0.15, -0.1) is 0 Å². The Hall–Kier alpha value is -0.220. The van der Waals surface area contributed by atoms with Gasteiger partial charge in [-0.2, -0.15) is 8.78 Å². The molecule has 0 aliphatic carbocycles. The van der Waals surface area contributed by atoms with Crippen molar-refractivity contribution in [1.82, 2.24) is 5.32 Å². The van der Waals surface area contributed by atoms with E-state index in [9.17, 15) is 8.78 Å². The lowest BCUT2D eigenvalue weighted by atomic mass is 10.3. The zero-order valence-electron chi connectivity index (χ0n) is 4.19. The number of hydrogen-bond donors (Lipinski definition) is 2. The Labute approximate surface area is 45.5 Å². The molecule has 1 aliphatic heterocycles. The molecule has 48 valence electrons. The number of aliphatic hydroxyl groups excluding tert-OH is 1. The quantitative estimate of drug-likeness (QED) is 0.442. The Morgan fingerprint density at radius 3 is 2.38 bits per heavy atom. The molecule has 1 rings (SSSR count). The number of alkyl halides is 2. The van der Waals surface area contributed by atoms with E-state index in [0.717, 1.165) is 0 Å². The molecule has 1 saturated heterocycles. The smallest absolute Gasteiger partial charge is 0.305 e. The van der Waals surface area contributed by atoms with E-state index < -0.39 is 18.6 Å². The van der Waals surface area contributed by atoms with E-state index in [-0.39, 0.29) is 6.54 Å². The van der Waals surface area contributed by atoms with Crippen LogP contribution in [0.3, 0.4) is 0 Å². The van der Waals surface area contributed by atoms with Gasteiger partial charge in [-0.1, -0.05) is 0 Å². The van der Waals surface area contributed by atoms with E-state index >= 15 is 0 Å². The van der Waals surface area contributed by atoms with Gasteiger partial charge in [0, 0.05) is 6.54 Å². The third-order valence-corrected chi connectivity index (χ3v) is 1.09. The second kappa shape index (κ2) is 1.63. The van der Waals surface area contributed by atoms with Gasteiger partial charge in [0.1, 0.15) is 0 Å². The average molecular weight is 123 g/mol. The molecule has 0 radical (unpaired) electrons. The summed E-state index contributed by atoms with van der Waals surface area (Å²) < 4.78 is 23.8. The molecule has 0 amide bonds. The summed E-state index contributed by atoms with van der Waals surface area (Å²) in [7, 11) is 0. The molecule has 0 aromatic rings. The standard InChI is InChI=1S/C4H7F2NO/c5-4(6)1-3(8)2-7-4/h3,7-8H,1-2H2. The van der Waals surface area contributed by atoms with Crippen molar-refractivity contribution in [1.29, 1.82) is 0 Å². The van der Waals surface area contributed by atoms with Gasteiger partial charge in [-0.05, 0) is 0 Å². The van der Waals surface area contributed by atoms with Gasteiger partial charge in [0.05, 0.1) is 12.5 Å². The maximum absolute atomic E-state index is 11.9. The van der Waals surface area contributed by atoms with Crippen molar-refractivity contribution in [3.05, 3.63) is 0 Å². The molecule has 1 fully saturated rings. The lowest BCUT2D eigenvalue weighted by Gasteiger charge is -2.04. The molecule has 0 bridgehead atoms. The highest BCUT2D eigenvalue weighted by molar-refractivity contribution is 4.79. The van der Waals surface area contributed by atoms with Gasteiger partial charge >= 0.3 is 6.05 Å². The van der Waals surface area contributed by atoms with E-state index in [1.807, 2.05) is 5.32 Å². The number of halogens is 2. The highest BCUT2D eigenvalue weighted by Crippen LogP contribution is 2.21. The summed E-state index contributed by atoms with van der Waals surface area (Å²) >= 11 is 0. The van der Waals surface area contributed by atoms with Gasteiger partial charge in [-0.3, -0.25) is 5.32 Å². The fourth-order valence-corrected chi connectivity index (χ4v) is 0.707. The Balaban J connectivity index is 2.44. The Morgan fingerprint density at radius 2 is 2.25 bits per heavy atom. The van der Waals surface area contributed by atoms with Crippen LogP contribution in [-0.4, -0.2) is 23.8 Å². The summed E-state index contributed by atoms with van der Waals surface area (Å²) in [5.41, 5.74) is 0. The molecule has 2 nitrogen and oxygen atoms in total. The highest BCUT2D eigenvalue weighted by atomic mass is 19.3. The van der Waals surface area contributed by atoms with Crippen LogP contribution in [0.15, 0.2) is 0 Å².